The number of nitrogens with zero attached hydrogens (tertiary/aromatic N) is 6. The van der Waals surface area contributed by atoms with E-state index in [1.165, 1.54) is 0 Å². The summed E-state index contributed by atoms with van der Waals surface area (Å²) in [4.78, 5) is 23.4. The first-order chi connectivity index (χ1) is 11.3. The molecule has 7 heteroatoms. The maximum absolute atomic E-state index is 12.9. The van der Waals surface area contributed by atoms with Crippen molar-refractivity contribution in [3.8, 4) is 0 Å². The van der Waals surface area contributed by atoms with Crippen molar-refractivity contribution < 1.29 is 4.79 Å². The van der Waals surface area contributed by atoms with Gasteiger partial charge in [-0.05, 0) is 31.4 Å². The van der Waals surface area contributed by atoms with Crippen LogP contribution in [-0.4, -0.2) is 47.5 Å². The maximum atomic E-state index is 12.9. The molecule has 0 aliphatic carbocycles. The van der Waals surface area contributed by atoms with Gasteiger partial charge in [-0.2, -0.15) is 5.10 Å². The fourth-order valence-electron chi connectivity index (χ4n) is 3.16. The normalized spacial score (nSPS) is 18.4. The molecule has 118 valence electrons. The van der Waals surface area contributed by atoms with Crippen molar-refractivity contribution in [1.29, 1.82) is 0 Å². The van der Waals surface area contributed by atoms with Gasteiger partial charge < -0.3 is 4.90 Å². The predicted octanol–water partition coefficient (Wildman–Crippen LogP) is 1.62. The van der Waals surface area contributed by atoms with Crippen LogP contribution in [0.3, 0.4) is 0 Å². The van der Waals surface area contributed by atoms with E-state index >= 15 is 0 Å². The second kappa shape index (κ2) is 5.83. The van der Waals surface area contributed by atoms with Crippen LogP contribution in [0.25, 0.3) is 5.78 Å². The number of carbonyl (C=O) groups excluding carboxylic acids is 1. The zero-order valence-electron chi connectivity index (χ0n) is 12.7. The van der Waals surface area contributed by atoms with E-state index < -0.39 is 0 Å². The van der Waals surface area contributed by atoms with Gasteiger partial charge in [0, 0.05) is 37.5 Å². The molecule has 1 atom stereocenters. The van der Waals surface area contributed by atoms with E-state index in [1.54, 1.807) is 23.0 Å². The lowest BCUT2D eigenvalue weighted by molar-refractivity contribution is 0.0578. The van der Waals surface area contributed by atoms with Gasteiger partial charge in [-0.3, -0.25) is 13.9 Å². The summed E-state index contributed by atoms with van der Waals surface area (Å²) in [6, 6.07) is 3.89. The Labute approximate surface area is 133 Å². The second-order valence-corrected chi connectivity index (χ2v) is 5.83. The number of imidazole rings is 1. The van der Waals surface area contributed by atoms with Crippen molar-refractivity contribution >= 4 is 11.7 Å². The summed E-state index contributed by atoms with van der Waals surface area (Å²) in [5.74, 6) is 0.531. The van der Waals surface area contributed by atoms with Gasteiger partial charge >= 0.3 is 0 Å². The Balaban J connectivity index is 1.59. The van der Waals surface area contributed by atoms with Gasteiger partial charge in [-0.15, -0.1) is 0 Å². The largest absolute Gasteiger partial charge is 0.332 e. The number of amides is 1. The Kier molecular flexibility index (Phi) is 3.53. The predicted molar refractivity (Wildman–Crippen MR) is 83.9 cm³/mol. The van der Waals surface area contributed by atoms with Crippen LogP contribution in [0.4, 0.5) is 0 Å². The molecule has 4 heterocycles. The molecule has 1 fully saturated rings. The summed E-state index contributed by atoms with van der Waals surface area (Å²) in [7, 11) is 0. The van der Waals surface area contributed by atoms with Crippen LogP contribution in [0.5, 0.6) is 0 Å². The van der Waals surface area contributed by atoms with E-state index in [2.05, 4.69) is 15.1 Å². The number of carbonyl (C=O) groups is 1. The standard InChI is InChI=1S/C16H18N6O/c23-15(14-12-20-8-3-6-17-16(20)19-14)22-10-2-1-5-13(22)11-21-9-4-7-18-21/h3-4,6-9,12-13H,1-2,5,10-11H2. The van der Waals surface area contributed by atoms with Crippen LogP contribution in [0.1, 0.15) is 29.8 Å². The van der Waals surface area contributed by atoms with Crippen molar-refractivity contribution in [2.75, 3.05) is 6.54 Å². The summed E-state index contributed by atoms with van der Waals surface area (Å²) in [5, 5.41) is 4.26. The molecule has 0 aromatic carbocycles. The minimum atomic E-state index is -0.0210. The summed E-state index contributed by atoms with van der Waals surface area (Å²) >= 11 is 0. The van der Waals surface area contributed by atoms with E-state index in [1.807, 2.05) is 34.1 Å². The summed E-state index contributed by atoms with van der Waals surface area (Å²) in [6.07, 6.45) is 12.2. The quantitative estimate of drug-likeness (QED) is 0.737. The van der Waals surface area contributed by atoms with Crippen molar-refractivity contribution in [2.24, 2.45) is 0 Å². The molecule has 1 aliphatic heterocycles. The molecule has 1 aliphatic rings. The highest BCUT2D eigenvalue weighted by Gasteiger charge is 2.29. The Morgan fingerprint density at radius 2 is 2.13 bits per heavy atom. The number of hydrogen-bond acceptors (Lipinski definition) is 4. The Bertz CT molecular complexity index is 776. The zero-order chi connectivity index (χ0) is 15.6. The molecule has 0 bridgehead atoms. The highest BCUT2D eigenvalue weighted by molar-refractivity contribution is 5.93. The Morgan fingerprint density at radius 1 is 1.22 bits per heavy atom. The average Bonchev–Trinajstić information content (AvgIpc) is 3.23. The van der Waals surface area contributed by atoms with E-state index in [4.69, 9.17) is 0 Å². The fourth-order valence-corrected chi connectivity index (χ4v) is 3.16. The lowest BCUT2D eigenvalue weighted by atomic mass is 10.0. The molecule has 0 spiro atoms. The molecule has 1 unspecified atom stereocenters. The highest BCUT2D eigenvalue weighted by atomic mass is 16.2. The van der Waals surface area contributed by atoms with E-state index in [9.17, 15) is 4.79 Å². The number of hydrogen-bond donors (Lipinski definition) is 0. The first-order valence-electron chi connectivity index (χ1n) is 7.89. The summed E-state index contributed by atoms with van der Waals surface area (Å²) in [5.41, 5.74) is 0.455. The van der Waals surface area contributed by atoms with Crippen LogP contribution >= 0.6 is 0 Å². The molecule has 7 nitrogen and oxygen atoms in total. The van der Waals surface area contributed by atoms with Crippen molar-refractivity contribution in [2.45, 2.75) is 31.8 Å². The third-order valence-corrected chi connectivity index (χ3v) is 4.30. The van der Waals surface area contributed by atoms with Crippen molar-refractivity contribution in [3.05, 3.63) is 48.8 Å². The van der Waals surface area contributed by atoms with Crippen molar-refractivity contribution in [1.82, 2.24) is 29.0 Å². The van der Waals surface area contributed by atoms with Gasteiger partial charge in [-0.25, -0.2) is 9.97 Å². The minimum absolute atomic E-state index is 0.0210. The van der Waals surface area contributed by atoms with Crippen LogP contribution in [0.2, 0.25) is 0 Å². The molecule has 1 saturated heterocycles. The van der Waals surface area contributed by atoms with Gasteiger partial charge in [0.1, 0.15) is 5.69 Å². The number of piperidine rings is 1. The second-order valence-electron chi connectivity index (χ2n) is 5.83. The molecule has 1 amide bonds. The molecule has 3 aromatic rings. The molecular weight excluding hydrogens is 292 g/mol. The van der Waals surface area contributed by atoms with Gasteiger partial charge in [0.05, 0.1) is 12.6 Å². The van der Waals surface area contributed by atoms with Crippen LogP contribution in [0.15, 0.2) is 43.1 Å². The molecule has 23 heavy (non-hydrogen) atoms. The Hall–Kier alpha value is -2.70. The monoisotopic (exact) mass is 310 g/mol. The summed E-state index contributed by atoms with van der Waals surface area (Å²) in [6.45, 7) is 1.50. The minimum Gasteiger partial charge on any atom is -0.332 e. The third kappa shape index (κ3) is 2.69. The average molecular weight is 310 g/mol. The number of likely N-dealkylation sites (tertiary alicyclic amines) is 1. The Morgan fingerprint density at radius 3 is 2.96 bits per heavy atom. The highest BCUT2D eigenvalue weighted by Crippen LogP contribution is 2.21. The molecule has 4 rings (SSSR count). The fraction of sp³-hybridized carbons (Fsp3) is 0.375. The van der Waals surface area contributed by atoms with Crippen LogP contribution in [0, 0.1) is 0 Å². The first kappa shape index (κ1) is 13.9. The van der Waals surface area contributed by atoms with Gasteiger partial charge in [0.15, 0.2) is 0 Å². The third-order valence-electron chi connectivity index (χ3n) is 4.30. The van der Waals surface area contributed by atoms with E-state index in [0.717, 1.165) is 32.4 Å². The number of rotatable bonds is 3. The van der Waals surface area contributed by atoms with Crippen LogP contribution in [-0.2, 0) is 6.54 Å². The van der Waals surface area contributed by atoms with Gasteiger partial charge in [-0.1, -0.05) is 0 Å². The smallest absolute Gasteiger partial charge is 0.274 e. The van der Waals surface area contributed by atoms with E-state index in [0.29, 0.717) is 11.5 Å². The molecule has 3 aromatic heterocycles. The SMILES string of the molecule is O=C(c1cn2cccnc2n1)N1CCCCC1Cn1cccn1. The molecule has 0 N–H and O–H groups in total. The topological polar surface area (TPSA) is 68.3 Å². The number of aromatic nitrogens is 5. The maximum Gasteiger partial charge on any atom is 0.274 e. The molecule has 0 saturated carbocycles. The molecule has 0 radical (unpaired) electrons. The summed E-state index contributed by atoms with van der Waals surface area (Å²) < 4.78 is 3.67. The zero-order valence-corrected chi connectivity index (χ0v) is 12.7. The first-order valence-corrected chi connectivity index (χ1v) is 7.89. The lowest BCUT2D eigenvalue weighted by Crippen LogP contribution is -2.46. The van der Waals surface area contributed by atoms with Crippen molar-refractivity contribution in [3.63, 3.8) is 0 Å². The van der Waals surface area contributed by atoms with Crippen LogP contribution < -0.4 is 0 Å². The molecular formula is C16H18N6O. The lowest BCUT2D eigenvalue weighted by Gasteiger charge is -2.35. The van der Waals surface area contributed by atoms with Gasteiger partial charge in [0.2, 0.25) is 5.78 Å². The number of fused-ring (bicyclic) bond motifs is 1. The van der Waals surface area contributed by atoms with E-state index in [-0.39, 0.29) is 11.9 Å². The van der Waals surface area contributed by atoms with Gasteiger partial charge in [0.25, 0.3) is 5.91 Å².